The predicted octanol–water partition coefficient (Wildman–Crippen LogP) is 4.43. The van der Waals surface area contributed by atoms with Gasteiger partial charge in [-0.15, -0.1) is 0 Å². The van der Waals surface area contributed by atoms with Crippen molar-refractivity contribution in [2.45, 2.75) is 79.1 Å². The lowest BCUT2D eigenvalue weighted by Crippen LogP contribution is -2.33. The van der Waals surface area contributed by atoms with Gasteiger partial charge in [-0.2, -0.15) is 0 Å². The van der Waals surface area contributed by atoms with Gasteiger partial charge in [0.05, 0.1) is 16.6 Å². The molecule has 0 saturated heterocycles. The van der Waals surface area contributed by atoms with E-state index in [0.717, 1.165) is 0 Å². The fourth-order valence-electron chi connectivity index (χ4n) is 2.90. The Kier molecular flexibility index (Phi) is 9.25. The Hall–Kier alpha value is -1.60. The van der Waals surface area contributed by atoms with Crippen LogP contribution >= 0.6 is 8.53 Å². The largest absolute Gasteiger partial charge is 0.352 e. The van der Waals surface area contributed by atoms with Gasteiger partial charge in [0.25, 0.3) is 14.2 Å². The third-order valence-corrected chi connectivity index (χ3v) is 5.95. The molecule has 0 aliphatic carbocycles. The first kappa shape index (κ1) is 22.7. The Balaban J connectivity index is 2.98. The standard InChI is InChI=1S/C19H32N3O5P/c1-7-8-19(23)20-12-16-9-10-18(22(24)25)17(11-16)15(6)27-28(26)21(13(2)3)14(4)5/h9-11,13-15,26H,7-8,12H2,1-6H3,(H,20,23)/i1D. The Morgan fingerprint density at radius 1 is 1.36 bits per heavy atom. The summed E-state index contributed by atoms with van der Waals surface area (Å²) in [5.41, 5.74) is 0.958. The van der Waals surface area contributed by atoms with Gasteiger partial charge in [0, 0.05) is 32.5 Å². The molecule has 1 rings (SSSR count). The van der Waals surface area contributed by atoms with Crippen LogP contribution in [0.5, 0.6) is 0 Å². The van der Waals surface area contributed by atoms with Crippen molar-refractivity contribution in [1.82, 2.24) is 9.99 Å². The van der Waals surface area contributed by atoms with E-state index in [4.69, 9.17) is 5.89 Å². The zero-order valence-corrected chi connectivity index (χ0v) is 18.1. The van der Waals surface area contributed by atoms with Crippen molar-refractivity contribution in [3.8, 4) is 0 Å². The van der Waals surface area contributed by atoms with Crippen molar-refractivity contribution >= 4 is 20.1 Å². The molecule has 0 bridgehead atoms. The number of nitrogens with zero attached hydrogens (tertiary/aromatic N) is 2. The molecule has 0 saturated carbocycles. The predicted molar refractivity (Wildman–Crippen MR) is 111 cm³/mol. The summed E-state index contributed by atoms with van der Waals surface area (Å²) in [6.45, 7) is 9.89. The van der Waals surface area contributed by atoms with E-state index in [1.807, 2.05) is 32.4 Å². The van der Waals surface area contributed by atoms with Gasteiger partial charge in [0.1, 0.15) is 0 Å². The SMILES string of the molecule is [2H]CCCC(=O)NCc1ccc([N+](=O)[O-])c(C(C)OP(O)N(C(C)C)C(C)C)c1. The van der Waals surface area contributed by atoms with Crippen LogP contribution in [0.4, 0.5) is 5.69 Å². The van der Waals surface area contributed by atoms with E-state index in [-0.39, 0.29) is 43.5 Å². The average Bonchev–Trinajstić information content (AvgIpc) is 2.63. The third kappa shape index (κ3) is 7.09. The number of carbonyl (C=O) groups excluding carboxylic acids is 1. The van der Waals surface area contributed by atoms with Crippen molar-refractivity contribution < 1.29 is 20.5 Å². The average molecular weight is 414 g/mol. The minimum atomic E-state index is -1.93. The number of hydrogen-bond acceptors (Lipinski definition) is 6. The maximum absolute atomic E-state index is 11.8. The Morgan fingerprint density at radius 2 is 2.00 bits per heavy atom. The molecular formula is C19H32N3O5P. The molecule has 0 heterocycles. The number of carbonyl (C=O) groups is 1. The molecule has 1 aromatic rings. The number of nitro groups is 1. The quantitative estimate of drug-likeness (QED) is 0.315. The molecule has 0 spiro atoms. The second-order valence-corrected chi connectivity index (χ2v) is 8.28. The summed E-state index contributed by atoms with van der Waals surface area (Å²) in [7, 11) is -1.93. The fraction of sp³-hybridized carbons (Fsp3) is 0.632. The molecule has 0 aliphatic rings. The van der Waals surface area contributed by atoms with E-state index < -0.39 is 19.6 Å². The Morgan fingerprint density at radius 3 is 2.54 bits per heavy atom. The molecule has 1 aromatic carbocycles. The lowest BCUT2D eigenvalue weighted by atomic mass is 10.0. The number of nitro benzene ring substituents is 1. The maximum atomic E-state index is 11.8. The highest BCUT2D eigenvalue weighted by Crippen LogP contribution is 2.46. The van der Waals surface area contributed by atoms with Crippen molar-refractivity contribution in [2.75, 3.05) is 0 Å². The summed E-state index contributed by atoms with van der Waals surface area (Å²) in [6.07, 6.45) is 0.0630. The van der Waals surface area contributed by atoms with E-state index in [1.54, 1.807) is 19.1 Å². The van der Waals surface area contributed by atoms with Crippen LogP contribution in [-0.2, 0) is 15.9 Å². The van der Waals surface area contributed by atoms with E-state index >= 15 is 0 Å². The maximum Gasteiger partial charge on any atom is 0.275 e. The molecule has 2 N–H and O–H groups in total. The summed E-state index contributed by atoms with van der Waals surface area (Å²) < 4.78 is 14.7. The molecule has 0 aromatic heterocycles. The molecule has 9 heteroatoms. The zero-order chi connectivity index (χ0) is 22.1. The molecule has 1 amide bonds. The topological polar surface area (TPSA) is 105 Å². The monoisotopic (exact) mass is 414 g/mol. The molecule has 158 valence electrons. The van der Waals surface area contributed by atoms with Crippen molar-refractivity contribution in [3.63, 3.8) is 0 Å². The molecule has 2 unspecified atom stereocenters. The summed E-state index contributed by atoms with van der Waals surface area (Å²) in [5.74, 6) is -0.162. The fourth-order valence-corrected chi connectivity index (χ4v) is 4.19. The first-order valence-electron chi connectivity index (χ1n) is 10.1. The van der Waals surface area contributed by atoms with Crippen LogP contribution in [0.25, 0.3) is 0 Å². The number of benzene rings is 1. The van der Waals surface area contributed by atoms with Crippen LogP contribution in [0.3, 0.4) is 0 Å². The smallest absolute Gasteiger partial charge is 0.275 e. The minimum Gasteiger partial charge on any atom is -0.352 e. The number of rotatable bonds is 11. The van der Waals surface area contributed by atoms with Gasteiger partial charge in [0.2, 0.25) is 5.91 Å². The lowest BCUT2D eigenvalue weighted by molar-refractivity contribution is -0.386. The van der Waals surface area contributed by atoms with Crippen molar-refractivity contribution in [1.29, 1.82) is 0 Å². The second-order valence-electron chi connectivity index (χ2n) is 7.10. The van der Waals surface area contributed by atoms with Gasteiger partial charge in [-0.1, -0.05) is 13.0 Å². The highest BCUT2D eigenvalue weighted by Gasteiger charge is 2.28. The minimum absolute atomic E-state index is 0.0542. The first-order chi connectivity index (χ1) is 13.6. The molecule has 0 aliphatic heterocycles. The van der Waals surface area contributed by atoms with E-state index in [9.17, 15) is 19.8 Å². The first-order valence-corrected chi connectivity index (χ1v) is 10.5. The number of hydrogen-bond donors (Lipinski definition) is 2. The van der Waals surface area contributed by atoms with Crippen LogP contribution in [0, 0.1) is 10.1 Å². The summed E-state index contributed by atoms with van der Waals surface area (Å²) in [5, 5.41) is 14.2. The highest BCUT2D eigenvalue weighted by atomic mass is 31.2. The second kappa shape index (κ2) is 11.4. The molecule has 8 nitrogen and oxygen atoms in total. The zero-order valence-electron chi connectivity index (χ0n) is 18.2. The van der Waals surface area contributed by atoms with Gasteiger partial charge in [-0.25, -0.2) is 4.67 Å². The van der Waals surface area contributed by atoms with Gasteiger partial charge in [-0.3, -0.25) is 14.9 Å². The van der Waals surface area contributed by atoms with Crippen LogP contribution < -0.4 is 5.32 Å². The van der Waals surface area contributed by atoms with Crippen LogP contribution in [0.15, 0.2) is 18.2 Å². The van der Waals surface area contributed by atoms with Crippen molar-refractivity contribution in [3.05, 3.63) is 39.4 Å². The number of amides is 1. The third-order valence-electron chi connectivity index (χ3n) is 4.13. The van der Waals surface area contributed by atoms with Crippen LogP contribution in [0.1, 0.15) is 73.0 Å². The van der Waals surface area contributed by atoms with E-state index in [1.165, 1.54) is 6.07 Å². The van der Waals surface area contributed by atoms with E-state index in [0.29, 0.717) is 17.5 Å². The van der Waals surface area contributed by atoms with Gasteiger partial charge < -0.3 is 14.7 Å². The summed E-state index contributed by atoms with van der Waals surface area (Å²) in [4.78, 5) is 33.3. The Labute approximate surface area is 169 Å². The molecule has 2 atom stereocenters. The summed E-state index contributed by atoms with van der Waals surface area (Å²) in [6, 6.07) is 4.72. The lowest BCUT2D eigenvalue weighted by Gasteiger charge is -2.34. The molecule has 28 heavy (non-hydrogen) atoms. The molecule has 0 fully saturated rings. The number of nitrogens with one attached hydrogen (secondary N) is 1. The van der Waals surface area contributed by atoms with E-state index in [2.05, 4.69) is 5.32 Å². The highest BCUT2D eigenvalue weighted by molar-refractivity contribution is 7.43. The van der Waals surface area contributed by atoms with Crippen LogP contribution in [0.2, 0.25) is 0 Å². The van der Waals surface area contributed by atoms with Gasteiger partial charge in [-0.05, 0) is 52.7 Å². The summed E-state index contributed by atoms with van der Waals surface area (Å²) >= 11 is 0. The Bertz CT molecular complexity index is 682. The normalized spacial score (nSPS) is 14.2. The molecule has 0 radical (unpaired) electrons. The van der Waals surface area contributed by atoms with Crippen molar-refractivity contribution in [2.24, 2.45) is 0 Å². The molecular weight excluding hydrogens is 381 g/mol. The van der Waals surface area contributed by atoms with Gasteiger partial charge >= 0.3 is 0 Å². The van der Waals surface area contributed by atoms with Crippen LogP contribution in [-0.4, -0.2) is 32.5 Å². The van der Waals surface area contributed by atoms with Gasteiger partial charge in [0.15, 0.2) is 0 Å².